The maximum atomic E-state index is 5.58. The molecular formula is C24H29N3O. The van der Waals surface area contributed by atoms with Gasteiger partial charge in [-0.15, -0.1) is 0 Å². The molecule has 1 aliphatic rings. The summed E-state index contributed by atoms with van der Waals surface area (Å²) in [5.74, 6) is 1.29. The van der Waals surface area contributed by atoms with Crippen molar-refractivity contribution in [2.24, 2.45) is 0 Å². The zero-order chi connectivity index (χ0) is 19.3. The Kier molecular flexibility index (Phi) is 5.87. The lowest BCUT2D eigenvalue weighted by Crippen LogP contribution is -2.40. The molecule has 0 spiro atoms. The van der Waals surface area contributed by atoms with Gasteiger partial charge in [-0.05, 0) is 68.5 Å². The highest BCUT2D eigenvalue weighted by atomic mass is 16.5. The number of rotatable bonds is 7. The van der Waals surface area contributed by atoms with Crippen LogP contribution in [0.5, 0.6) is 0 Å². The Labute approximate surface area is 167 Å². The van der Waals surface area contributed by atoms with Crippen molar-refractivity contribution in [1.82, 2.24) is 15.0 Å². The van der Waals surface area contributed by atoms with Crippen LogP contribution in [-0.2, 0) is 12.8 Å². The van der Waals surface area contributed by atoms with Crippen molar-refractivity contribution in [3.05, 3.63) is 59.7 Å². The van der Waals surface area contributed by atoms with Gasteiger partial charge in [-0.1, -0.05) is 55.4 Å². The molecule has 0 N–H and O–H groups in total. The molecule has 146 valence electrons. The van der Waals surface area contributed by atoms with Gasteiger partial charge in [0.05, 0.1) is 0 Å². The maximum absolute atomic E-state index is 5.58. The van der Waals surface area contributed by atoms with Crippen LogP contribution in [0.1, 0.15) is 44.2 Å². The summed E-state index contributed by atoms with van der Waals surface area (Å²) < 4.78 is 5.58. The second-order valence-electron chi connectivity index (χ2n) is 7.67. The third kappa shape index (κ3) is 3.88. The van der Waals surface area contributed by atoms with Gasteiger partial charge in [-0.2, -0.15) is 4.98 Å². The van der Waals surface area contributed by atoms with Gasteiger partial charge < -0.3 is 9.42 Å². The van der Waals surface area contributed by atoms with Gasteiger partial charge in [0, 0.05) is 17.2 Å². The van der Waals surface area contributed by atoms with Crippen LogP contribution in [0.25, 0.3) is 22.8 Å². The molecule has 0 radical (unpaired) electrons. The Morgan fingerprint density at radius 1 is 1.00 bits per heavy atom. The molecular weight excluding hydrogens is 346 g/mol. The Morgan fingerprint density at radius 2 is 1.79 bits per heavy atom. The molecule has 0 saturated heterocycles. The topological polar surface area (TPSA) is 42.2 Å². The molecule has 4 nitrogen and oxygen atoms in total. The lowest BCUT2D eigenvalue weighted by atomic mass is 9.84. The van der Waals surface area contributed by atoms with Crippen LogP contribution >= 0.6 is 0 Å². The highest BCUT2D eigenvalue weighted by molar-refractivity contribution is 5.65. The summed E-state index contributed by atoms with van der Waals surface area (Å²) in [6.07, 6.45) is 5.84. The van der Waals surface area contributed by atoms with Crippen LogP contribution in [0, 0.1) is 0 Å². The van der Waals surface area contributed by atoms with Crippen LogP contribution in [0.15, 0.2) is 53.1 Å². The Balaban J connectivity index is 1.64. The molecule has 0 aliphatic heterocycles. The monoisotopic (exact) mass is 375 g/mol. The van der Waals surface area contributed by atoms with E-state index in [1.54, 1.807) is 0 Å². The third-order valence-corrected chi connectivity index (χ3v) is 5.69. The van der Waals surface area contributed by atoms with Gasteiger partial charge in [0.1, 0.15) is 0 Å². The van der Waals surface area contributed by atoms with Gasteiger partial charge in [-0.3, -0.25) is 0 Å². The normalized spacial score (nSPS) is 16.3. The highest BCUT2D eigenvalue weighted by Gasteiger charge is 2.26. The van der Waals surface area contributed by atoms with Crippen LogP contribution in [-0.4, -0.2) is 34.2 Å². The van der Waals surface area contributed by atoms with Crippen molar-refractivity contribution >= 4 is 0 Å². The molecule has 1 aromatic heterocycles. The lowest BCUT2D eigenvalue weighted by Gasteiger charge is -2.35. The molecule has 1 unspecified atom stereocenters. The molecule has 1 heterocycles. The van der Waals surface area contributed by atoms with Gasteiger partial charge in [-0.25, -0.2) is 0 Å². The van der Waals surface area contributed by atoms with E-state index < -0.39 is 0 Å². The van der Waals surface area contributed by atoms with Crippen LogP contribution in [0.2, 0.25) is 0 Å². The van der Waals surface area contributed by atoms with E-state index in [1.807, 2.05) is 30.3 Å². The van der Waals surface area contributed by atoms with Crippen molar-refractivity contribution in [3.63, 3.8) is 0 Å². The van der Waals surface area contributed by atoms with Crippen LogP contribution in [0.4, 0.5) is 0 Å². The second-order valence-corrected chi connectivity index (χ2v) is 7.67. The highest BCUT2D eigenvalue weighted by Crippen LogP contribution is 2.33. The van der Waals surface area contributed by atoms with Gasteiger partial charge in [0.15, 0.2) is 0 Å². The van der Waals surface area contributed by atoms with E-state index in [9.17, 15) is 0 Å². The first kappa shape index (κ1) is 18.9. The lowest BCUT2D eigenvalue weighted by molar-refractivity contribution is 0.180. The SMILES string of the molecule is CCCN(CCC)C1CCc2cccc(-c3noc(-c4ccccc4)n3)c2C1. The Morgan fingerprint density at radius 3 is 2.54 bits per heavy atom. The van der Waals surface area contributed by atoms with E-state index >= 15 is 0 Å². The first-order valence-electron chi connectivity index (χ1n) is 10.5. The first-order valence-corrected chi connectivity index (χ1v) is 10.5. The summed E-state index contributed by atoms with van der Waals surface area (Å²) in [6, 6.07) is 17.1. The van der Waals surface area contributed by atoms with Gasteiger partial charge in [0.25, 0.3) is 5.89 Å². The van der Waals surface area contributed by atoms with Crippen molar-refractivity contribution in [2.45, 2.75) is 52.0 Å². The van der Waals surface area contributed by atoms with Gasteiger partial charge in [0.2, 0.25) is 5.82 Å². The van der Waals surface area contributed by atoms with E-state index in [0.29, 0.717) is 17.8 Å². The summed E-state index contributed by atoms with van der Waals surface area (Å²) in [5.41, 5.74) is 4.92. The number of hydrogen-bond acceptors (Lipinski definition) is 4. The fourth-order valence-corrected chi connectivity index (χ4v) is 4.37. The summed E-state index contributed by atoms with van der Waals surface area (Å²) >= 11 is 0. The van der Waals surface area contributed by atoms with E-state index in [-0.39, 0.29) is 0 Å². The number of aromatic nitrogens is 2. The smallest absolute Gasteiger partial charge is 0.258 e. The summed E-state index contributed by atoms with van der Waals surface area (Å²) in [6.45, 7) is 6.90. The fraction of sp³-hybridized carbons (Fsp3) is 0.417. The van der Waals surface area contributed by atoms with Crippen LogP contribution in [0.3, 0.4) is 0 Å². The standard InChI is InChI=1S/C24H29N3O/c1-3-15-27(16-4-2)20-14-13-18-11-8-12-21(22(18)17-20)23-25-24(28-26-23)19-9-6-5-7-10-19/h5-12,20H,3-4,13-17H2,1-2H3. The van der Waals surface area contributed by atoms with E-state index in [2.05, 4.69) is 42.1 Å². The van der Waals surface area contributed by atoms with E-state index in [0.717, 1.165) is 24.0 Å². The number of fused-ring (bicyclic) bond motifs is 1. The molecule has 0 bridgehead atoms. The zero-order valence-corrected chi connectivity index (χ0v) is 16.9. The molecule has 1 atom stereocenters. The van der Waals surface area contributed by atoms with E-state index in [4.69, 9.17) is 9.51 Å². The summed E-state index contributed by atoms with van der Waals surface area (Å²) in [7, 11) is 0. The summed E-state index contributed by atoms with van der Waals surface area (Å²) in [5, 5.41) is 4.31. The van der Waals surface area contributed by atoms with Gasteiger partial charge >= 0.3 is 0 Å². The fourth-order valence-electron chi connectivity index (χ4n) is 4.37. The quantitative estimate of drug-likeness (QED) is 0.556. The molecule has 2 aromatic carbocycles. The number of benzene rings is 2. The molecule has 1 aliphatic carbocycles. The molecule has 0 saturated carbocycles. The number of aryl methyl sites for hydroxylation is 1. The van der Waals surface area contributed by atoms with Crippen molar-refractivity contribution < 1.29 is 4.52 Å². The molecule has 4 rings (SSSR count). The molecule has 4 heteroatoms. The summed E-state index contributed by atoms with van der Waals surface area (Å²) in [4.78, 5) is 7.38. The molecule has 0 amide bonds. The minimum absolute atomic E-state index is 0.583. The molecule has 3 aromatic rings. The Hall–Kier alpha value is -2.46. The minimum atomic E-state index is 0.583. The first-order chi connectivity index (χ1) is 13.8. The zero-order valence-electron chi connectivity index (χ0n) is 16.9. The predicted molar refractivity (Wildman–Crippen MR) is 113 cm³/mol. The number of hydrogen-bond donors (Lipinski definition) is 0. The third-order valence-electron chi connectivity index (χ3n) is 5.69. The second kappa shape index (κ2) is 8.70. The maximum Gasteiger partial charge on any atom is 0.258 e. The molecule has 28 heavy (non-hydrogen) atoms. The minimum Gasteiger partial charge on any atom is -0.334 e. The van der Waals surface area contributed by atoms with Crippen molar-refractivity contribution in [2.75, 3.05) is 13.1 Å². The Bertz CT molecular complexity index is 897. The largest absolute Gasteiger partial charge is 0.334 e. The van der Waals surface area contributed by atoms with Crippen molar-refractivity contribution in [1.29, 1.82) is 0 Å². The number of nitrogens with zero attached hydrogens (tertiary/aromatic N) is 3. The average Bonchev–Trinajstić information content (AvgIpc) is 3.23. The van der Waals surface area contributed by atoms with Crippen molar-refractivity contribution in [3.8, 4) is 22.8 Å². The molecule has 0 fully saturated rings. The average molecular weight is 376 g/mol. The van der Waals surface area contributed by atoms with Crippen LogP contribution < -0.4 is 0 Å². The van der Waals surface area contributed by atoms with E-state index in [1.165, 1.54) is 43.5 Å². The predicted octanol–water partition coefficient (Wildman–Crippen LogP) is 5.38.